The number of nitrogens with two attached hydrogens (primary N) is 2. The lowest BCUT2D eigenvalue weighted by atomic mass is 10.0. The van der Waals surface area contributed by atoms with Gasteiger partial charge in [0.15, 0.2) is 5.82 Å². The topological polar surface area (TPSA) is 115 Å². The van der Waals surface area contributed by atoms with Crippen LogP contribution in [-0.2, 0) is 0 Å². The fourth-order valence-corrected chi connectivity index (χ4v) is 4.12. The number of rotatable bonds is 3. The van der Waals surface area contributed by atoms with E-state index in [1.165, 1.54) is 6.20 Å². The average Bonchev–Trinajstić information content (AvgIpc) is 3.36. The maximum absolute atomic E-state index is 15.3. The molecule has 1 aliphatic carbocycles. The Hall–Kier alpha value is -2.61. The van der Waals surface area contributed by atoms with E-state index < -0.39 is 22.8 Å². The van der Waals surface area contributed by atoms with Crippen LogP contribution in [0.4, 0.5) is 15.8 Å². The van der Waals surface area contributed by atoms with Gasteiger partial charge in [0.2, 0.25) is 5.43 Å². The lowest BCUT2D eigenvalue weighted by molar-refractivity contribution is 0.0695. The highest BCUT2D eigenvalue weighted by Gasteiger charge is 2.35. The summed E-state index contributed by atoms with van der Waals surface area (Å²) in [6.07, 6.45) is 3.86. The third kappa shape index (κ3) is 2.66. The zero-order valence-corrected chi connectivity index (χ0v) is 15.4. The molecule has 0 amide bonds. The predicted molar refractivity (Wildman–Crippen MR) is 102 cm³/mol. The van der Waals surface area contributed by atoms with E-state index in [1.54, 1.807) is 11.5 Å². The van der Waals surface area contributed by atoms with Gasteiger partial charge in [-0.05, 0) is 38.7 Å². The molecule has 2 heterocycles. The number of benzene rings is 1. The van der Waals surface area contributed by atoms with Crippen LogP contribution in [0.3, 0.4) is 0 Å². The van der Waals surface area contributed by atoms with Crippen molar-refractivity contribution in [1.82, 2.24) is 4.57 Å². The van der Waals surface area contributed by atoms with Gasteiger partial charge in [0, 0.05) is 30.9 Å². The number of carboxylic acid groups (broad SMARTS) is 1. The number of nitrogen functional groups attached to an aromatic ring is 1. The molecular formula is C19H23FN4O3. The Labute approximate surface area is 155 Å². The number of halogens is 1. The fourth-order valence-electron chi connectivity index (χ4n) is 4.12. The molecule has 1 saturated heterocycles. The van der Waals surface area contributed by atoms with E-state index in [0.717, 1.165) is 19.3 Å². The van der Waals surface area contributed by atoms with Crippen molar-refractivity contribution >= 4 is 28.2 Å². The van der Waals surface area contributed by atoms with E-state index in [0.29, 0.717) is 29.9 Å². The Bertz CT molecular complexity index is 1040. The van der Waals surface area contributed by atoms with E-state index >= 15 is 4.39 Å². The van der Waals surface area contributed by atoms with Gasteiger partial charge in [-0.3, -0.25) is 4.79 Å². The summed E-state index contributed by atoms with van der Waals surface area (Å²) < 4.78 is 17.0. The monoisotopic (exact) mass is 374 g/mol. The molecule has 27 heavy (non-hydrogen) atoms. The first-order chi connectivity index (χ1) is 12.6. The van der Waals surface area contributed by atoms with Crippen LogP contribution in [-0.4, -0.2) is 34.3 Å². The first-order valence-corrected chi connectivity index (χ1v) is 9.06. The summed E-state index contributed by atoms with van der Waals surface area (Å²) in [5, 5.41) is 9.35. The summed E-state index contributed by atoms with van der Waals surface area (Å²) in [5.41, 5.74) is 11.9. The van der Waals surface area contributed by atoms with E-state index in [4.69, 9.17) is 11.5 Å². The van der Waals surface area contributed by atoms with Gasteiger partial charge in [0.25, 0.3) is 0 Å². The highest BCUT2D eigenvalue weighted by atomic mass is 19.1. The van der Waals surface area contributed by atoms with Crippen LogP contribution in [0.25, 0.3) is 10.9 Å². The molecule has 1 aromatic carbocycles. The quantitative estimate of drug-likeness (QED) is 0.708. The number of nitrogens with zero attached hydrogens (tertiary/aromatic N) is 2. The molecule has 1 saturated carbocycles. The number of carboxylic acids is 1. The summed E-state index contributed by atoms with van der Waals surface area (Å²) in [4.78, 5) is 26.1. The number of aromatic carboxylic acids is 1. The highest BCUT2D eigenvalue weighted by molar-refractivity contribution is 6.01. The van der Waals surface area contributed by atoms with Crippen molar-refractivity contribution in [1.29, 1.82) is 0 Å². The smallest absolute Gasteiger partial charge is 0.341 e. The predicted octanol–water partition coefficient (Wildman–Crippen LogP) is 1.99. The van der Waals surface area contributed by atoms with Crippen LogP contribution in [0, 0.1) is 12.7 Å². The summed E-state index contributed by atoms with van der Waals surface area (Å²) >= 11 is 0. The molecule has 1 aromatic heterocycles. The van der Waals surface area contributed by atoms with Crippen molar-refractivity contribution in [2.45, 2.75) is 44.7 Å². The van der Waals surface area contributed by atoms with Crippen LogP contribution in [0.1, 0.15) is 48.1 Å². The molecule has 4 rings (SSSR count). The fraction of sp³-hybridized carbons (Fsp3) is 0.474. The van der Waals surface area contributed by atoms with E-state index in [2.05, 4.69) is 0 Å². The Morgan fingerprint density at radius 3 is 2.59 bits per heavy atom. The molecule has 144 valence electrons. The molecule has 1 aliphatic heterocycles. The van der Waals surface area contributed by atoms with Crippen LogP contribution in [0.5, 0.6) is 0 Å². The third-order valence-corrected chi connectivity index (χ3v) is 5.65. The molecule has 0 spiro atoms. The largest absolute Gasteiger partial charge is 0.477 e. The number of anilines is 2. The molecule has 1 unspecified atom stereocenters. The Morgan fingerprint density at radius 2 is 2.07 bits per heavy atom. The zero-order valence-electron chi connectivity index (χ0n) is 15.4. The Morgan fingerprint density at radius 1 is 1.41 bits per heavy atom. The second-order valence-corrected chi connectivity index (χ2v) is 8.07. The number of carbonyl (C=O) groups is 1. The Balaban J connectivity index is 2.07. The van der Waals surface area contributed by atoms with Crippen molar-refractivity contribution < 1.29 is 14.3 Å². The number of aromatic nitrogens is 1. The molecule has 7 nitrogen and oxygen atoms in total. The van der Waals surface area contributed by atoms with Crippen LogP contribution in [0.2, 0.25) is 0 Å². The first kappa shape index (κ1) is 17.8. The van der Waals surface area contributed by atoms with Gasteiger partial charge in [0.05, 0.1) is 22.3 Å². The lowest BCUT2D eigenvalue weighted by Gasteiger charge is -2.26. The van der Waals surface area contributed by atoms with Gasteiger partial charge in [-0.15, -0.1) is 0 Å². The van der Waals surface area contributed by atoms with Crippen molar-refractivity contribution in [3.8, 4) is 0 Å². The summed E-state index contributed by atoms with van der Waals surface area (Å²) in [5.74, 6) is -2.02. The minimum Gasteiger partial charge on any atom is -0.477 e. The molecular weight excluding hydrogens is 351 g/mol. The lowest BCUT2D eigenvalue weighted by Crippen LogP contribution is -2.39. The maximum atomic E-state index is 15.3. The molecule has 2 aromatic rings. The molecule has 0 bridgehead atoms. The minimum atomic E-state index is -1.34. The molecule has 2 aliphatic rings. The van der Waals surface area contributed by atoms with Gasteiger partial charge >= 0.3 is 5.97 Å². The van der Waals surface area contributed by atoms with Crippen molar-refractivity contribution in [2.75, 3.05) is 23.7 Å². The number of aryl methyl sites for hydroxylation is 1. The van der Waals surface area contributed by atoms with Crippen molar-refractivity contribution in [3.05, 3.63) is 33.4 Å². The first-order valence-electron chi connectivity index (χ1n) is 9.06. The van der Waals surface area contributed by atoms with Crippen LogP contribution >= 0.6 is 0 Å². The third-order valence-electron chi connectivity index (χ3n) is 5.65. The second kappa shape index (κ2) is 5.69. The molecule has 0 radical (unpaired) electrons. The van der Waals surface area contributed by atoms with Gasteiger partial charge < -0.3 is 26.0 Å². The van der Waals surface area contributed by atoms with Crippen LogP contribution in [0.15, 0.2) is 11.0 Å². The van der Waals surface area contributed by atoms with Crippen LogP contribution < -0.4 is 21.8 Å². The SMILES string of the molecule is Cc1c(N2CCC(C)(N)C2)c(F)c(N)c2c(=O)c(C(=O)O)cn(C3CC3)c12. The molecule has 2 fully saturated rings. The van der Waals surface area contributed by atoms with E-state index in [9.17, 15) is 14.7 Å². The molecule has 5 N–H and O–H groups in total. The van der Waals surface area contributed by atoms with Gasteiger partial charge in [0.1, 0.15) is 5.56 Å². The summed E-state index contributed by atoms with van der Waals surface area (Å²) in [6, 6.07) is 0.0981. The number of fused-ring (bicyclic) bond motifs is 1. The van der Waals surface area contributed by atoms with E-state index in [-0.39, 0.29) is 22.7 Å². The number of hydrogen-bond donors (Lipinski definition) is 3. The van der Waals surface area contributed by atoms with Crippen molar-refractivity contribution in [2.24, 2.45) is 5.73 Å². The normalized spacial score (nSPS) is 22.6. The number of pyridine rings is 1. The zero-order chi connectivity index (χ0) is 19.7. The standard InChI is InChI=1S/C19H23FN4O3/c1-9-15-12(17(25)11(18(26)27)7-24(15)10-3-4-10)14(21)13(20)16(9)23-6-5-19(2,22)8-23/h7,10H,3-6,8,21-22H2,1-2H3,(H,26,27). The van der Waals surface area contributed by atoms with Crippen molar-refractivity contribution in [3.63, 3.8) is 0 Å². The molecule has 8 heteroatoms. The second-order valence-electron chi connectivity index (χ2n) is 8.07. The highest BCUT2D eigenvalue weighted by Crippen LogP contribution is 2.42. The Kier molecular flexibility index (Phi) is 3.75. The minimum absolute atomic E-state index is 0.0461. The maximum Gasteiger partial charge on any atom is 0.341 e. The van der Waals surface area contributed by atoms with Gasteiger partial charge in [-0.2, -0.15) is 0 Å². The summed E-state index contributed by atoms with van der Waals surface area (Å²) in [6.45, 7) is 4.75. The van der Waals surface area contributed by atoms with Gasteiger partial charge in [-0.25, -0.2) is 9.18 Å². The molecule has 1 atom stereocenters. The van der Waals surface area contributed by atoms with Gasteiger partial charge in [-0.1, -0.05) is 0 Å². The summed E-state index contributed by atoms with van der Waals surface area (Å²) in [7, 11) is 0. The average molecular weight is 374 g/mol. The number of hydrogen-bond acceptors (Lipinski definition) is 5. The van der Waals surface area contributed by atoms with E-state index in [1.807, 2.05) is 11.8 Å².